The number of carboxylic acids is 1. The van der Waals surface area contributed by atoms with Crippen molar-refractivity contribution in [2.45, 2.75) is 31.3 Å². The summed E-state index contributed by atoms with van der Waals surface area (Å²) in [7, 11) is 0. The summed E-state index contributed by atoms with van der Waals surface area (Å²) in [5.74, 6) is -3.83. The molecular weight excluding hydrogens is 401 g/mol. The number of Topliss-reactive ketones (excluding diaryl/α,β-unsaturated/α-hetero) is 1. The Labute approximate surface area is 177 Å². The van der Waals surface area contributed by atoms with E-state index < -0.39 is 29.5 Å². The Morgan fingerprint density at radius 2 is 1.77 bits per heavy atom. The first kappa shape index (κ1) is 20.5. The highest BCUT2D eigenvalue weighted by molar-refractivity contribution is 6.35. The van der Waals surface area contributed by atoms with Crippen LogP contribution >= 0.6 is 0 Å². The van der Waals surface area contributed by atoms with E-state index in [1.807, 2.05) is 30.3 Å². The van der Waals surface area contributed by atoms with Crippen molar-refractivity contribution in [3.05, 3.63) is 77.7 Å². The molecule has 3 aromatic rings. The van der Waals surface area contributed by atoms with Gasteiger partial charge in [-0.15, -0.1) is 0 Å². The molecule has 1 amide bonds. The highest BCUT2D eigenvalue weighted by Gasteiger charge is 2.31. The van der Waals surface area contributed by atoms with E-state index in [4.69, 9.17) is 0 Å². The van der Waals surface area contributed by atoms with Crippen LogP contribution in [-0.4, -0.2) is 38.6 Å². The molecule has 1 unspecified atom stereocenters. The van der Waals surface area contributed by atoms with E-state index in [-0.39, 0.29) is 18.0 Å². The molecule has 4 rings (SSSR count). The van der Waals surface area contributed by atoms with Crippen LogP contribution in [0.2, 0.25) is 0 Å². The van der Waals surface area contributed by atoms with E-state index in [1.165, 1.54) is 24.3 Å². The number of halogens is 1. The van der Waals surface area contributed by atoms with Gasteiger partial charge in [0.25, 0.3) is 11.7 Å². The van der Waals surface area contributed by atoms with Crippen molar-refractivity contribution in [3.63, 3.8) is 0 Å². The average molecular weight is 421 g/mol. The van der Waals surface area contributed by atoms with Gasteiger partial charge in [-0.1, -0.05) is 42.5 Å². The molecule has 7 nitrogen and oxygen atoms in total. The predicted molar refractivity (Wildman–Crippen MR) is 110 cm³/mol. The summed E-state index contributed by atoms with van der Waals surface area (Å²) in [5.41, 5.74) is 2.00. The van der Waals surface area contributed by atoms with Crippen LogP contribution in [0.25, 0.3) is 11.3 Å². The maximum Gasteiger partial charge on any atom is 0.374 e. The molecule has 0 aliphatic heterocycles. The number of hydrogen-bond donors (Lipinski definition) is 2. The van der Waals surface area contributed by atoms with Gasteiger partial charge in [0.05, 0.1) is 11.6 Å². The SMILES string of the molecule is O=C(O)C(=O)C(Cc1ccc(F)cc1)NC(=O)c1cn(C2CC2)nc1-c1ccccc1. The first-order valence-electron chi connectivity index (χ1n) is 9.89. The Morgan fingerprint density at radius 1 is 1.10 bits per heavy atom. The fourth-order valence-electron chi connectivity index (χ4n) is 3.34. The second-order valence-corrected chi connectivity index (χ2v) is 7.49. The standard InChI is InChI=1S/C23H20FN3O4/c24-16-8-6-14(7-9-16)12-19(21(28)23(30)31)25-22(29)18-13-27(17-10-11-17)26-20(18)15-4-2-1-3-5-15/h1-9,13,17,19H,10-12H2,(H,25,29)(H,30,31). The molecule has 1 fully saturated rings. The van der Waals surface area contributed by atoms with E-state index in [2.05, 4.69) is 10.4 Å². The van der Waals surface area contributed by atoms with E-state index in [0.29, 0.717) is 11.3 Å². The second-order valence-electron chi connectivity index (χ2n) is 7.49. The van der Waals surface area contributed by atoms with Gasteiger partial charge in [-0.3, -0.25) is 14.3 Å². The molecular formula is C23H20FN3O4. The number of rotatable bonds is 8. The van der Waals surface area contributed by atoms with E-state index >= 15 is 0 Å². The Kier molecular flexibility index (Phi) is 5.62. The van der Waals surface area contributed by atoms with Crippen LogP contribution in [0, 0.1) is 5.82 Å². The number of benzene rings is 2. The quantitative estimate of drug-likeness (QED) is 0.545. The van der Waals surface area contributed by atoms with Crippen molar-refractivity contribution in [1.82, 2.24) is 15.1 Å². The van der Waals surface area contributed by atoms with Crippen molar-refractivity contribution < 1.29 is 23.9 Å². The van der Waals surface area contributed by atoms with Crippen LogP contribution in [0.15, 0.2) is 60.8 Å². The van der Waals surface area contributed by atoms with Crippen molar-refractivity contribution in [1.29, 1.82) is 0 Å². The van der Waals surface area contributed by atoms with Crippen molar-refractivity contribution in [2.75, 3.05) is 0 Å². The number of carbonyl (C=O) groups is 3. The molecule has 1 aliphatic carbocycles. The van der Waals surface area contributed by atoms with Crippen LogP contribution in [0.3, 0.4) is 0 Å². The lowest BCUT2D eigenvalue weighted by Crippen LogP contribution is -2.45. The van der Waals surface area contributed by atoms with Gasteiger partial charge >= 0.3 is 5.97 Å². The van der Waals surface area contributed by atoms with Gasteiger partial charge in [-0.2, -0.15) is 5.10 Å². The zero-order valence-corrected chi connectivity index (χ0v) is 16.5. The number of aliphatic carboxylic acids is 1. The maximum absolute atomic E-state index is 13.2. The van der Waals surface area contributed by atoms with Gasteiger partial charge < -0.3 is 10.4 Å². The van der Waals surface area contributed by atoms with Gasteiger partial charge in [-0.05, 0) is 30.5 Å². The molecule has 1 atom stereocenters. The summed E-state index contributed by atoms with van der Waals surface area (Å²) in [5, 5.41) is 16.3. The van der Waals surface area contributed by atoms with Gasteiger partial charge in [0.2, 0.25) is 0 Å². The lowest BCUT2D eigenvalue weighted by Gasteiger charge is -2.16. The zero-order valence-electron chi connectivity index (χ0n) is 16.5. The molecule has 2 N–H and O–H groups in total. The molecule has 2 aromatic carbocycles. The Hall–Kier alpha value is -3.81. The van der Waals surface area contributed by atoms with Crippen molar-refractivity contribution >= 4 is 17.7 Å². The molecule has 1 heterocycles. The number of carbonyl (C=O) groups excluding carboxylic acids is 2. The fraction of sp³-hybridized carbons (Fsp3) is 0.217. The molecule has 1 aliphatic rings. The number of nitrogens with one attached hydrogen (secondary N) is 1. The number of ketones is 1. The van der Waals surface area contributed by atoms with Gasteiger partial charge in [0, 0.05) is 18.2 Å². The number of carboxylic acid groups (broad SMARTS) is 1. The molecule has 0 saturated heterocycles. The summed E-state index contributed by atoms with van der Waals surface area (Å²) >= 11 is 0. The first-order chi connectivity index (χ1) is 14.9. The van der Waals surface area contributed by atoms with Crippen molar-refractivity contribution in [2.24, 2.45) is 0 Å². The molecule has 8 heteroatoms. The normalized spacial score (nSPS) is 14.1. The Bertz CT molecular complexity index is 1120. The first-order valence-corrected chi connectivity index (χ1v) is 9.89. The molecule has 1 saturated carbocycles. The third-order valence-electron chi connectivity index (χ3n) is 5.13. The maximum atomic E-state index is 13.2. The van der Waals surface area contributed by atoms with Gasteiger partial charge in [0.15, 0.2) is 0 Å². The van der Waals surface area contributed by atoms with Crippen molar-refractivity contribution in [3.8, 4) is 11.3 Å². The Balaban J connectivity index is 1.63. The average Bonchev–Trinajstić information content (AvgIpc) is 3.52. The summed E-state index contributed by atoms with van der Waals surface area (Å²) in [6.45, 7) is 0. The lowest BCUT2D eigenvalue weighted by atomic mass is 10.0. The van der Waals surface area contributed by atoms with Gasteiger partial charge in [-0.25, -0.2) is 9.18 Å². The third kappa shape index (κ3) is 4.69. The number of amides is 1. The molecule has 1 aromatic heterocycles. The molecule has 158 valence electrons. The number of hydrogen-bond acceptors (Lipinski definition) is 4. The third-order valence-corrected chi connectivity index (χ3v) is 5.13. The van der Waals surface area contributed by atoms with Crippen LogP contribution in [0.4, 0.5) is 4.39 Å². The molecule has 0 spiro atoms. The summed E-state index contributed by atoms with van der Waals surface area (Å²) < 4.78 is 14.9. The van der Waals surface area contributed by atoms with Gasteiger partial charge in [0.1, 0.15) is 17.6 Å². The van der Waals surface area contributed by atoms with E-state index in [9.17, 15) is 23.9 Å². The zero-order chi connectivity index (χ0) is 22.0. The number of nitrogens with zero attached hydrogens (tertiary/aromatic N) is 2. The minimum Gasteiger partial charge on any atom is -0.475 e. The monoisotopic (exact) mass is 421 g/mol. The van der Waals surface area contributed by atoms with Crippen LogP contribution in [0.1, 0.15) is 34.8 Å². The van der Waals surface area contributed by atoms with Crippen LogP contribution in [0.5, 0.6) is 0 Å². The summed E-state index contributed by atoms with van der Waals surface area (Å²) in [6, 6.07) is 13.4. The largest absolute Gasteiger partial charge is 0.475 e. The highest BCUT2D eigenvalue weighted by Crippen LogP contribution is 2.36. The topological polar surface area (TPSA) is 101 Å². The number of aromatic nitrogens is 2. The minimum atomic E-state index is -1.65. The smallest absolute Gasteiger partial charge is 0.374 e. The molecule has 0 bridgehead atoms. The van der Waals surface area contributed by atoms with E-state index in [1.54, 1.807) is 10.9 Å². The lowest BCUT2D eigenvalue weighted by molar-refractivity contribution is -0.149. The molecule has 0 radical (unpaired) electrons. The molecule has 31 heavy (non-hydrogen) atoms. The summed E-state index contributed by atoms with van der Waals surface area (Å²) in [4.78, 5) is 36.7. The summed E-state index contributed by atoms with van der Waals surface area (Å²) in [6.07, 6.45) is 3.51. The highest BCUT2D eigenvalue weighted by atomic mass is 19.1. The van der Waals surface area contributed by atoms with Crippen LogP contribution < -0.4 is 5.32 Å². The Morgan fingerprint density at radius 3 is 2.39 bits per heavy atom. The second kappa shape index (κ2) is 8.51. The minimum absolute atomic E-state index is 0.0748. The predicted octanol–water partition coefficient (Wildman–Crippen LogP) is 3.02. The fourth-order valence-corrected chi connectivity index (χ4v) is 3.34. The van der Waals surface area contributed by atoms with Crippen LogP contribution in [-0.2, 0) is 16.0 Å². The van der Waals surface area contributed by atoms with E-state index in [0.717, 1.165) is 18.4 Å².